The molecule has 1 heterocycles. The monoisotopic (exact) mass is 139 g/mol. The smallest absolute Gasteiger partial charge is 0.0607 e. The molecule has 1 nitrogen and oxygen atoms in total. The zero-order valence-corrected chi connectivity index (χ0v) is 6.38. The lowest BCUT2D eigenvalue weighted by Crippen LogP contribution is -2.21. The zero-order chi connectivity index (χ0) is 6.97. The van der Waals surface area contributed by atoms with E-state index in [9.17, 15) is 0 Å². The Labute approximate surface area is 62.8 Å². The highest BCUT2D eigenvalue weighted by Crippen LogP contribution is 2.38. The van der Waals surface area contributed by atoms with Crippen LogP contribution < -0.4 is 0 Å². The summed E-state index contributed by atoms with van der Waals surface area (Å²) in [6.45, 7) is 4.98. The van der Waals surface area contributed by atoms with Crippen LogP contribution in [-0.4, -0.2) is 12.7 Å². The van der Waals surface area contributed by atoms with Gasteiger partial charge in [0.05, 0.1) is 12.7 Å². The first-order valence-corrected chi connectivity index (χ1v) is 4.32. The number of rotatable bonds is 0. The average molecular weight is 139 g/mol. The highest BCUT2D eigenvalue weighted by molar-refractivity contribution is 4.87. The number of ether oxygens (including phenoxy) is 1. The van der Waals surface area contributed by atoms with Crippen molar-refractivity contribution in [3.8, 4) is 0 Å². The molecular weight excluding hydrogens is 124 g/mol. The number of fused-ring (bicyclic) bond motifs is 1. The SMILES string of the molecule is [CH2]C1OCC2CCCCC21. The Bertz CT molecular complexity index is 120. The summed E-state index contributed by atoms with van der Waals surface area (Å²) in [6, 6.07) is 0. The fraction of sp³-hybridized carbons (Fsp3) is 0.889. The molecule has 1 saturated heterocycles. The highest BCUT2D eigenvalue weighted by atomic mass is 16.5. The summed E-state index contributed by atoms with van der Waals surface area (Å²) >= 11 is 0. The van der Waals surface area contributed by atoms with E-state index in [0.717, 1.165) is 18.4 Å². The van der Waals surface area contributed by atoms with Crippen LogP contribution in [0.3, 0.4) is 0 Å². The van der Waals surface area contributed by atoms with Crippen LogP contribution in [0.1, 0.15) is 25.7 Å². The standard InChI is InChI=1S/C9H15O/c1-7-9-5-3-2-4-8(9)6-10-7/h7-9H,1-6H2. The molecule has 10 heavy (non-hydrogen) atoms. The van der Waals surface area contributed by atoms with Gasteiger partial charge < -0.3 is 4.74 Å². The minimum Gasteiger partial charge on any atom is -0.378 e. The van der Waals surface area contributed by atoms with Crippen molar-refractivity contribution in [3.63, 3.8) is 0 Å². The molecule has 1 radical (unpaired) electrons. The van der Waals surface area contributed by atoms with Crippen LogP contribution in [0.15, 0.2) is 0 Å². The van der Waals surface area contributed by atoms with Gasteiger partial charge in [-0.25, -0.2) is 0 Å². The molecule has 3 unspecified atom stereocenters. The molecule has 1 saturated carbocycles. The first-order valence-electron chi connectivity index (χ1n) is 4.32. The summed E-state index contributed by atoms with van der Waals surface area (Å²) in [5, 5.41) is 0. The maximum absolute atomic E-state index is 5.49. The third kappa shape index (κ3) is 0.968. The topological polar surface area (TPSA) is 9.23 Å². The molecule has 1 aliphatic heterocycles. The Hall–Kier alpha value is -0.0400. The normalized spacial score (nSPS) is 47.1. The predicted octanol–water partition coefficient (Wildman–Crippen LogP) is 2.03. The largest absolute Gasteiger partial charge is 0.378 e. The van der Waals surface area contributed by atoms with Gasteiger partial charge in [-0.1, -0.05) is 12.8 Å². The average Bonchev–Trinajstić information content (AvgIpc) is 2.34. The Morgan fingerprint density at radius 1 is 1.20 bits per heavy atom. The summed E-state index contributed by atoms with van der Waals surface area (Å²) in [7, 11) is 0. The molecule has 2 aliphatic rings. The first kappa shape index (κ1) is 6.66. The van der Waals surface area contributed by atoms with Crippen LogP contribution in [0.25, 0.3) is 0 Å². The van der Waals surface area contributed by atoms with E-state index in [4.69, 9.17) is 4.74 Å². The number of hydrogen-bond donors (Lipinski definition) is 0. The molecule has 0 N–H and O–H groups in total. The van der Waals surface area contributed by atoms with E-state index in [2.05, 4.69) is 6.92 Å². The molecule has 0 amide bonds. The van der Waals surface area contributed by atoms with Crippen molar-refractivity contribution in [1.29, 1.82) is 0 Å². The fourth-order valence-electron chi connectivity index (χ4n) is 2.30. The van der Waals surface area contributed by atoms with Crippen molar-refractivity contribution in [2.45, 2.75) is 31.8 Å². The molecule has 1 heteroatoms. The van der Waals surface area contributed by atoms with Crippen LogP contribution in [0.2, 0.25) is 0 Å². The van der Waals surface area contributed by atoms with Gasteiger partial charge in [0.25, 0.3) is 0 Å². The molecule has 2 fully saturated rings. The summed E-state index contributed by atoms with van der Waals surface area (Å²) in [5.41, 5.74) is 0. The molecule has 3 atom stereocenters. The fourth-order valence-corrected chi connectivity index (χ4v) is 2.30. The molecule has 2 rings (SSSR count). The van der Waals surface area contributed by atoms with E-state index in [1.54, 1.807) is 0 Å². The molecule has 0 aromatic heterocycles. The van der Waals surface area contributed by atoms with Gasteiger partial charge in [-0.3, -0.25) is 0 Å². The molecule has 0 aromatic rings. The first-order chi connectivity index (χ1) is 4.88. The van der Waals surface area contributed by atoms with Crippen LogP contribution in [0, 0.1) is 18.8 Å². The van der Waals surface area contributed by atoms with E-state index in [-0.39, 0.29) is 0 Å². The maximum atomic E-state index is 5.49. The molecular formula is C9H15O. The van der Waals surface area contributed by atoms with Gasteiger partial charge in [0.15, 0.2) is 0 Å². The lowest BCUT2D eigenvalue weighted by molar-refractivity contribution is 0.123. The third-order valence-corrected chi connectivity index (χ3v) is 2.97. The lowest BCUT2D eigenvalue weighted by atomic mass is 9.79. The number of hydrogen-bond acceptors (Lipinski definition) is 1. The van der Waals surface area contributed by atoms with Gasteiger partial charge >= 0.3 is 0 Å². The highest BCUT2D eigenvalue weighted by Gasteiger charge is 2.35. The van der Waals surface area contributed by atoms with Crippen molar-refractivity contribution in [1.82, 2.24) is 0 Å². The van der Waals surface area contributed by atoms with Gasteiger partial charge in [0, 0.05) is 0 Å². The Kier molecular flexibility index (Phi) is 1.69. The minimum absolute atomic E-state index is 0.310. The Morgan fingerprint density at radius 2 is 2.00 bits per heavy atom. The Morgan fingerprint density at radius 3 is 2.80 bits per heavy atom. The summed E-state index contributed by atoms with van der Waals surface area (Å²) in [5.74, 6) is 1.66. The lowest BCUT2D eigenvalue weighted by Gasteiger charge is -2.24. The van der Waals surface area contributed by atoms with Gasteiger partial charge in [0.2, 0.25) is 0 Å². The summed E-state index contributed by atoms with van der Waals surface area (Å²) in [6.07, 6.45) is 5.87. The van der Waals surface area contributed by atoms with E-state index in [1.165, 1.54) is 25.7 Å². The third-order valence-electron chi connectivity index (χ3n) is 2.97. The van der Waals surface area contributed by atoms with Crippen molar-refractivity contribution >= 4 is 0 Å². The van der Waals surface area contributed by atoms with Crippen molar-refractivity contribution in [3.05, 3.63) is 6.92 Å². The zero-order valence-electron chi connectivity index (χ0n) is 6.38. The minimum atomic E-state index is 0.310. The predicted molar refractivity (Wildman–Crippen MR) is 40.5 cm³/mol. The molecule has 1 aliphatic carbocycles. The van der Waals surface area contributed by atoms with Gasteiger partial charge in [-0.2, -0.15) is 0 Å². The summed E-state index contributed by atoms with van der Waals surface area (Å²) < 4.78 is 5.49. The van der Waals surface area contributed by atoms with Crippen molar-refractivity contribution in [2.24, 2.45) is 11.8 Å². The van der Waals surface area contributed by atoms with Crippen LogP contribution in [-0.2, 0) is 4.74 Å². The van der Waals surface area contributed by atoms with E-state index in [0.29, 0.717) is 6.10 Å². The molecule has 0 bridgehead atoms. The maximum Gasteiger partial charge on any atom is 0.0607 e. The van der Waals surface area contributed by atoms with E-state index < -0.39 is 0 Å². The van der Waals surface area contributed by atoms with Crippen molar-refractivity contribution < 1.29 is 4.74 Å². The second kappa shape index (κ2) is 2.54. The second-order valence-corrected chi connectivity index (χ2v) is 3.58. The van der Waals surface area contributed by atoms with Crippen LogP contribution in [0.5, 0.6) is 0 Å². The second-order valence-electron chi connectivity index (χ2n) is 3.58. The van der Waals surface area contributed by atoms with Crippen LogP contribution in [0.4, 0.5) is 0 Å². The molecule has 0 spiro atoms. The van der Waals surface area contributed by atoms with Gasteiger partial charge in [-0.15, -0.1) is 0 Å². The molecule has 0 aromatic carbocycles. The van der Waals surface area contributed by atoms with Gasteiger partial charge in [-0.05, 0) is 31.6 Å². The van der Waals surface area contributed by atoms with E-state index in [1.807, 2.05) is 0 Å². The Balaban J connectivity index is 2.01. The van der Waals surface area contributed by atoms with E-state index >= 15 is 0 Å². The van der Waals surface area contributed by atoms with Gasteiger partial charge in [0.1, 0.15) is 0 Å². The quantitative estimate of drug-likeness (QED) is 0.499. The van der Waals surface area contributed by atoms with Crippen LogP contribution >= 0.6 is 0 Å². The van der Waals surface area contributed by atoms with Crippen molar-refractivity contribution in [2.75, 3.05) is 6.61 Å². The summed E-state index contributed by atoms with van der Waals surface area (Å²) in [4.78, 5) is 0. The molecule has 57 valence electrons.